The molecule has 12 nitrogen and oxygen atoms in total. The van der Waals surface area contributed by atoms with Gasteiger partial charge in [-0.2, -0.15) is 0 Å². The second-order valence-corrected chi connectivity index (χ2v) is 16.3. The molecule has 2 atom stereocenters. The molecule has 0 spiro atoms. The highest BCUT2D eigenvalue weighted by Gasteiger charge is 2.45. The maximum Gasteiger partial charge on any atom is 0.262 e. The fraction of sp³-hybridized carbons (Fsp3) is 0.375. The molecule has 3 saturated heterocycles. The maximum atomic E-state index is 13.4. The average Bonchev–Trinajstić information content (AvgIpc) is 3.51. The van der Waals surface area contributed by atoms with Crippen molar-refractivity contribution in [2.45, 2.75) is 64.0 Å². The van der Waals surface area contributed by atoms with Crippen LogP contribution >= 0.6 is 0 Å². The number of carbonyl (C=O) groups excluding carboxylic acids is 4. The van der Waals surface area contributed by atoms with Crippen LogP contribution in [0, 0.1) is 5.92 Å². The highest BCUT2D eigenvalue weighted by Crippen LogP contribution is 2.37. The zero-order valence-electron chi connectivity index (χ0n) is 34.1. The Morgan fingerprint density at radius 3 is 2.08 bits per heavy atom. The van der Waals surface area contributed by atoms with Gasteiger partial charge in [0, 0.05) is 37.8 Å². The van der Waals surface area contributed by atoms with Crippen molar-refractivity contribution in [3.63, 3.8) is 0 Å². The van der Waals surface area contributed by atoms with Crippen molar-refractivity contribution in [2.24, 2.45) is 5.92 Å². The minimum Gasteiger partial charge on any atom is -0.508 e. The van der Waals surface area contributed by atoms with Crippen molar-refractivity contribution in [1.29, 1.82) is 0 Å². The van der Waals surface area contributed by atoms with E-state index in [4.69, 9.17) is 4.74 Å². The maximum absolute atomic E-state index is 13.4. The summed E-state index contributed by atoms with van der Waals surface area (Å²) < 4.78 is 6.23. The number of piperidine rings is 3. The van der Waals surface area contributed by atoms with E-state index in [9.17, 15) is 29.4 Å². The molecular formula is C48H53N5O7. The second kappa shape index (κ2) is 18.1. The number of carbonyl (C=O) groups is 4. The Morgan fingerprint density at radius 2 is 1.42 bits per heavy atom. The molecule has 0 aliphatic carbocycles. The van der Waals surface area contributed by atoms with Gasteiger partial charge in [0.05, 0.1) is 11.1 Å². The van der Waals surface area contributed by atoms with E-state index in [1.54, 1.807) is 36.4 Å². The standard InChI is InChI=1S/C48H53N5O7/c1-2-40(32-5-12-37(54)13-6-32)45(33-7-14-38(55)15-8-33)34-9-16-39(17-10-34)60-27-26-51-24-21-31(22-25-51)29-49-35-4-3-23-52(30-35)36-11-18-41-42(28-36)48(59)53(47(41)58)43-19-20-44(56)50-46(43)57/h5-18,28,31,35,43,49,54-55H,2-4,19-27,29-30H2,1H3,(H,50,56,57). The third kappa shape index (κ3) is 8.95. The molecule has 60 heavy (non-hydrogen) atoms. The number of hydrogen-bond donors (Lipinski definition) is 4. The number of allylic oxidation sites excluding steroid dienone is 1. The van der Waals surface area contributed by atoms with Crippen LogP contribution in [0.3, 0.4) is 0 Å². The summed E-state index contributed by atoms with van der Waals surface area (Å²) in [4.78, 5) is 56.5. The van der Waals surface area contributed by atoms with Crippen LogP contribution in [-0.4, -0.2) is 102 Å². The number of amides is 4. The Labute approximate surface area is 350 Å². The van der Waals surface area contributed by atoms with Crippen molar-refractivity contribution < 1.29 is 34.1 Å². The largest absolute Gasteiger partial charge is 0.508 e. The Balaban J connectivity index is 0.797. The molecule has 0 aromatic heterocycles. The van der Waals surface area contributed by atoms with E-state index in [-0.39, 0.29) is 30.2 Å². The lowest BCUT2D eigenvalue weighted by atomic mass is 9.88. The first-order chi connectivity index (χ1) is 29.1. The van der Waals surface area contributed by atoms with Gasteiger partial charge >= 0.3 is 0 Å². The molecule has 4 heterocycles. The number of fused-ring (bicyclic) bond motifs is 1. The van der Waals surface area contributed by atoms with Crippen LogP contribution in [0.25, 0.3) is 11.1 Å². The van der Waals surface area contributed by atoms with Gasteiger partial charge in [-0.05, 0) is 147 Å². The topological polar surface area (TPSA) is 152 Å². The number of benzene rings is 4. The van der Waals surface area contributed by atoms with Crippen LogP contribution in [0.1, 0.15) is 89.3 Å². The highest BCUT2D eigenvalue weighted by atomic mass is 16.5. The predicted molar refractivity (Wildman–Crippen MR) is 230 cm³/mol. The molecule has 8 rings (SSSR count). The summed E-state index contributed by atoms with van der Waals surface area (Å²) in [5.74, 6) is -0.0891. The van der Waals surface area contributed by atoms with E-state index < -0.39 is 23.8 Å². The van der Waals surface area contributed by atoms with Crippen LogP contribution in [0.15, 0.2) is 91.0 Å². The molecule has 4 aromatic rings. The van der Waals surface area contributed by atoms with Crippen LogP contribution < -0.4 is 20.3 Å². The third-order valence-corrected chi connectivity index (χ3v) is 12.5. The van der Waals surface area contributed by atoms with Crippen LogP contribution in [-0.2, 0) is 9.59 Å². The minimum atomic E-state index is -0.971. The number of phenols is 2. The number of nitrogens with zero attached hydrogens (tertiary/aromatic N) is 3. The number of likely N-dealkylation sites (tertiary alicyclic amines) is 1. The highest BCUT2D eigenvalue weighted by molar-refractivity contribution is 6.23. The number of nitrogens with one attached hydrogen (secondary N) is 2. The van der Waals surface area contributed by atoms with Gasteiger partial charge in [0.15, 0.2) is 0 Å². The van der Waals surface area contributed by atoms with Crippen molar-refractivity contribution >= 4 is 40.5 Å². The van der Waals surface area contributed by atoms with Gasteiger partial charge in [-0.25, -0.2) is 0 Å². The van der Waals surface area contributed by atoms with Crippen molar-refractivity contribution in [1.82, 2.24) is 20.4 Å². The molecule has 4 aliphatic heterocycles. The SMILES string of the molecule is CCC(=C(c1ccc(O)cc1)c1ccc(OCCN2CCC(CNC3CCCN(c4ccc5c(c4)C(=O)N(C4CCC(=O)NC4=O)C5=O)C3)CC2)cc1)c1ccc(O)cc1. The van der Waals surface area contributed by atoms with E-state index >= 15 is 0 Å². The number of hydrogen-bond acceptors (Lipinski definition) is 10. The van der Waals surface area contributed by atoms with Crippen molar-refractivity contribution in [2.75, 3.05) is 50.8 Å². The van der Waals surface area contributed by atoms with Crippen LogP contribution in [0.2, 0.25) is 0 Å². The molecule has 4 aromatic carbocycles. The monoisotopic (exact) mass is 811 g/mol. The first-order valence-electron chi connectivity index (χ1n) is 21.3. The number of imide groups is 2. The quantitative estimate of drug-likeness (QED) is 0.0906. The first-order valence-corrected chi connectivity index (χ1v) is 21.3. The van der Waals surface area contributed by atoms with Gasteiger partial charge in [-0.1, -0.05) is 43.3 Å². The normalized spacial score (nSPS) is 20.6. The molecule has 3 fully saturated rings. The molecule has 0 saturated carbocycles. The predicted octanol–water partition coefficient (Wildman–Crippen LogP) is 6.22. The molecule has 2 unspecified atom stereocenters. The molecular weight excluding hydrogens is 759 g/mol. The van der Waals surface area contributed by atoms with E-state index in [0.29, 0.717) is 29.7 Å². The molecule has 4 amide bonds. The van der Waals surface area contributed by atoms with Gasteiger partial charge in [-0.15, -0.1) is 0 Å². The number of ether oxygens (including phenoxy) is 1. The average molecular weight is 812 g/mol. The molecule has 312 valence electrons. The Morgan fingerprint density at radius 1 is 0.767 bits per heavy atom. The first kappa shape index (κ1) is 40.8. The zero-order chi connectivity index (χ0) is 41.8. The van der Waals surface area contributed by atoms with Gasteiger partial charge in [-0.3, -0.25) is 34.3 Å². The van der Waals surface area contributed by atoms with Gasteiger partial charge in [0.2, 0.25) is 11.8 Å². The van der Waals surface area contributed by atoms with E-state index in [2.05, 4.69) is 39.5 Å². The fourth-order valence-electron chi connectivity index (χ4n) is 9.12. The van der Waals surface area contributed by atoms with Crippen molar-refractivity contribution in [3.05, 3.63) is 119 Å². The molecule has 12 heteroatoms. The van der Waals surface area contributed by atoms with Gasteiger partial charge in [0.25, 0.3) is 11.8 Å². The molecule has 4 aliphatic rings. The third-order valence-electron chi connectivity index (χ3n) is 12.5. The van der Waals surface area contributed by atoms with E-state index in [0.717, 1.165) is 116 Å². The lowest BCUT2D eigenvalue weighted by molar-refractivity contribution is -0.136. The summed E-state index contributed by atoms with van der Waals surface area (Å²) in [5, 5.41) is 25.9. The molecule has 0 bridgehead atoms. The van der Waals surface area contributed by atoms with E-state index in [1.807, 2.05) is 42.5 Å². The summed E-state index contributed by atoms with van der Waals surface area (Å²) >= 11 is 0. The number of aromatic hydroxyl groups is 2. The smallest absolute Gasteiger partial charge is 0.262 e. The van der Waals surface area contributed by atoms with Gasteiger partial charge < -0.3 is 25.2 Å². The molecule has 4 N–H and O–H groups in total. The minimum absolute atomic E-state index is 0.0949. The van der Waals surface area contributed by atoms with Crippen LogP contribution in [0.4, 0.5) is 5.69 Å². The Bertz CT molecular complexity index is 2250. The van der Waals surface area contributed by atoms with E-state index in [1.165, 1.54) is 0 Å². The summed E-state index contributed by atoms with van der Waals surface area (Å²) in [6.07, 6.45) is 5.35. The van der Waals surface area contributed by atoms with Crippen molar-refractivity contribution in [3.8, 4) is 17.2 Å². The number of phenolic OH excluding ortho intramolecular Hbond substituents is 2. The number of anilines is 1. The second-order valence-electron chi connectivity index (χ2n) is 16.3. The molecule has 0 radical (unpaired) electrons. The summed E-state index contributed by atoms with van der Waals surface area (Å²) in [6.45, 7) is 8.27. The summed E-state index contributed by atoms with van der Waals surface area (Å²) in [6, 6.07) is 27.5. The summed E-state index contributed by atoms with van der Waals surface area (Å²) in [5.41, 5.74) is 6.81. The fourth-order valence-corrected chi connectivity index (χ4v) is 9.12. The Hall–Kier alpha value is -5.98. The Kier molecular flexibility index (Phi) is 12.3. The van der Waals surface area contributed by atoms with Gasteiger partial charge in [0.1, 0.15) is 29.9 Å². The summed E-state index contributed by atoms with van der Waals surface area (Å²) in [7, 11) is 0. The zero-order valence-corrected chi connectivity index (χ0v) is 34.1. The lowest BCUT2D eigenvalue weighted by Crippen LogP contribution is -2.54. The van der Waals surface area contributed by atoms with Crippen LogP contribution in [0.5, 0.6) is 17.2 Å². The number of rotatable bonds is 13. The lowest BCUT2D eigenvalue weighted by Gasteiger charge is -2.37.